The Balaban J connectivity index is 1.51. The predicted molar refractivity (Wildman–Crippen MR) is 100 cm³/mol. The van der Waals surface area contributed by atoms with Gasteiger partial charge in [0.25, 0.3) is 0 Å². The van der Waals surface area contributed by atoms with E-state index in [0.717, 1.165) is 5.56 Å². The first kappa shape index (κ1) is 18.6. The molecule has 0 atom stereocenters. The standard InChI is InChI=1S/C18H18ClN3O3S/c19-16-9-5-4-8-15(16)18-21-17(25-22-18)10-12-20-26(23,24)13-11-14-6-2-1-3-7-14/h1-9,20H,10-13H2. The van der Waals surface area contributed by atoms with Crippen molar-refractivity contribution >= 4 is 21.6 Å². The molecule has 6 nitrogen and oxygen atoms in total. The lowest BCUT2D eigenvalue weighted by atomic mass is 10.2. The van der Waals surface area contributed by atoms with Gasteiger partial charge in [-0.05, 0) is 24.1 Å². The molecule has 0 radical (unpaired) electrons. The second-order valence-electron chi connectivity index (χ2n) is 5.69. The van der Waals surface area contributed by atoms with Gasteiger partial charge in [0.2, 0.25) is 21.7 Å². The number of nitrogens with zero attached hydrogens (tertiary/aromatic N) is 2. The molecule has 0 aliphatic heterocycles. The molecule has 0 saturated carbocycles. The molecule has 3 rings (SSSR count). The number of aryl methyl sites for hydroxylation is 1. The van der Waals surface area contributed by atoms with Gasteiger partial charge in [-0.1, -0.05) is 59.2 Å². The van der Waals surface area contributed by atoms with Crippen LogP contribution in [0, 0.1) is 0 Å². The van der Waals surface area contributed by atoms with Gasteiger partial charge in [-0.2, -0.15) is 4.98 Å². The molecule has 8 heteroatoms. The van der Waals surface area contributed by atoms with Crippen LogP contribution in [0.15, 0.2) is 59.1 Å². The van der Waals surface area contributed by atoms with E-state index < -0.39 is 10.0 Å². The van der Waals surface area contributed by atoms with Crippen LogP contribution < -0.4 is 4.72 Å². The van der Waals surface area contributed by atoms with E-state index in [4.69, 9.17) is 16.1 Å². The first-order chi connectivity index (χ1) is 12.5. The van der Waals surface area contributed by atoms with Crippen molar-refractivity contribution in [2.24, 2.45) is 0 Å². The maximum atomic E-state index is 12.1. The summed E-state index contributed by atoms with van der Waals surface area (Å²) in [5.74, 6) is 0.773. The molecule has 0 unspecified atom stereocenters. The fourth-order valence-electron chi connectivity index (χ4n) is 2.39. The largest absolute Gasteiger partial charge is 0.339 e. The van der Waals surface area contributed by atoms with Crippen LogP contribution >= 0.6 is 11.6 Å². The number of halogens is 1. The van der Waals surface area contributed by atoms with E-state index in [1.54, 1.807) is 12.1 Å². The summed E-state index contributed by atoms with van der Waals surface area (Å²) in [6.07, 6.45) is 0.773. The molecule has 136 valence electrons. The molecular formula is C18H18ClN3O3S. The summed E-state index contributed by atoms with van der Waals surface area (Å²) in [4.78, 5) is 4.26. The van der Waals surface area contributed by atoms with Crippen molar-refractivity contribution in [3.8, 4) is 11.4 Å². The third-order valence-corrected chi connectivity index (χ3v) is 5.46. The van der Waals surface area contributed by atoms with E-state index in [1.165, 1.54) is 0 Å². The van der Waals surface area contributed by atoms with E-state index in [9.17, 15) is 8.42 Å². The number of nitrogens with one attached hydrogen (secondary N) is 1. The lowest BCUT2D eigenvalue weighted by Crippen LogP contribution is -2.29. The summed E-state index contributed by atoms with van der Waals surface area (Å²) < 4.78 is 31.9. The second kappa shape index (κ2) is 8.44. The Morgan fingerprint density at radius 3 is 2.50 bits per heavy atom. The molecule has 0 saturated heterocycles. The normalized spacial score (nSPS) is 11.6. The first-order valence-electron chi connectivity index (χ1n) is 8.12. The summed E-state index contributed by atoms with van der Waals surface area (Å²) in [6.45, 7) is 0.196. The molecule has 0 aliphatic rings. The Morgan fingerprint density at radius 2 is 1.73 bits per heavy atom. The maximum absolute atomic E-state index is 12.1. The Labute approximate surface area is 157 Å². The maximum Gasteiger partial charge on any atom is 0.228 e. The predicted octanol–water partition coefficient (Wildman–Crippen LogP) is 3.09. The fourth-order valence-corrected chi connectivity index (χ4v) is 3.67. The fraction of sp³-hybridized carbons (Fsp3) is 0.222. The zero-order valence-electron chi connectivity index (χ0n) is 13.9. The molecule has 2 aromatic carbocycles. The lowest BCUT2D eigenvalue weighted by Gasteiger charge is -2.05. The van der Waals surface area contributed by atoms with E-state index in [-0.39, 0.29) is 12.3 Å². The van der Waals surface area contributed by atoms with Crippen LogP contribution in [0.1, 0.15) is 11.5 Å². The quantitative estimate of drug-likeness (QED) is 0.637. The third kappa shape index (κ3) is 5.14. The van der Waals surface area contributed by atoms with Crippen LogP contribution in [-0.2, 0) is 22.9 Å². The third-order valence-electron chi connectivity index (χ3n) is 3.75. The zero-order valence-corrected chi connectivity index (χ0v) is 15.5. The Bertz CT molecular complexity index is 959. The van der Waals surface area contributed by atoms with E-state index in [0.29, 0.717) is 35.1 Å². The minimum atomic E-state index is -3.36. The number of rotatable bonds is 8. The Hall–Kier alpha value is -2.22. The highest BCUT2D eigenvalue weighted by atomic mass is 35.5. The number of sulfonamides is 1. The van der Waals surface area contributed by atoms with E-state index in [1.807, 2.05) is 42.5 Å². The number of benzene rings is 2. The summed E-state index contributed by atoms with van der Waals surface area (Å²) in [6, 6.07) is 16.7. The highest BCUT2D eigenvalue weighted by molar-refractivity contribution is 7.89. The smallest absolute Gasteiger partial charge is 0.228 e. The van der Waals surface area contributed by atoms with Gasteiger partial charge in [-0.3, -0.25) is 0 Å². The monoisotopic (exact) mass is 391 g/mol. The van der Waals surface area contributed by atoms with Gasteiger partial charge in [0, 0.05) is 18.5 Å². The SMILES string of the molecule is O=S(=O)(CCc1ccccc1)NCCc1nc(-c2ccccc2Cl)no1. The summed E-state index contributed by atoms with van der Waals surface area (Å²) in [5, 5.41) is 4.42. The minimum Gasteiger partial charge on any atom is -0.339 e. The average Bonchev–Trinajstić information content (AvgIpc) is 3.10. The summed E-state index contributed by atoms with van der Waals surface area (Å²) in [5.41, 5.74) is 1.66. The van der Waals surface area contributed by atoms with E-state index >= 15 is 0 Å². The minimum absolute atomic E-state index is 0.0335. The van der Waals surface area contributed by atoms with Crippen molar-refractivity contribution in [1.29, 1.82) is 0 Å². The van der Waals surface area contributed by atoms with Crippen molar-refractivity contribution in [3.63, 3.8) is 0 Å². The van der Waals surface area contributed by atoms with Crippen molar-refractivity contribution < 1.29 is 12.9 Å². The van der Waals surface area contributed by atoms with Gasteiger partial charge in [0.1, 0.15) is 0 Å². The van der Waals surface area contributed by atoms with Crippen molar-refractivity contribution in [2.45, 2.75) is 12.8 Å². The summed E-state index contributed by atoms with van der Waals surface area (Å²) in [7, 11) is -3.36. The number of hydrogen-bond donors (Lipinski definition) is 1. The second-order valence-corrected chi connectivity index (χ2v) is 8.02. The molecule has 1 aromatic heterocycles. The molecule has 0 aliphatic carbocycles. The topological polar surface area (TPSA) is 85.1 Å². The highest BCUT2D eigenvalue weighted by Crippen LogP contribution is 2.24. The van der Waals surface area contributed by atoms with Crippen molar-refractivity contribution in [1.82, 2.24) is 14.9 Å². The Kier molecular flexibility index (Phi) is 6.03. The number of aromatic nitrogens is 2. The van der Waals surface area contributed by atoms with Crippen LogP contribution in [0.4, 0.5) is 0 Å². The van der Waals surface area contributed by atoms with Crippen LogP contribution in [0.5, 0.6) is 0 Å². The van der Waals surface area contributed by atoms with Crippen LogP contribution in [0.25, 0.3) is 11.4 Å². The molecule has 0 spiro atoms. The van der Waals surface area contributed by atoms with Crippen molar-refractivity contribution in [3.05, 3.63) is 71.1 Å². The zero-order chi connectivity index (χ0) is 18.4. The Morgan fingerprint density at radius 1 is 1.00 bits per heavy atom. The lowest BCUT2D eigenvalue weighted by molar-refractivity contribution is 0.379. The molecule has 3 aromatic rings. The van der Waals surface area contributed by atoms with Gasteiger partial charge < -0.3 is 4.52 Å². The molecule has 26 heavy (non-hydrogen) atoms. The molecule has 1 heterocycles. The van der Waals surface area contributed by atoms with Gasteiger partial charge >= 0.3 is 0 Å². The summed E-state index contributed by atoms with van der Waals surface area (Å²) >= 11 is 6.10. The van der Waals surface area contributed by atoms with Crippen LogP contribution in [0.3, 0.4) is 0 Å². The van der Waals surface area contributed by atoms with Gasteiger partial charge in [0.15, 0.2) is 0 Å². The van der Waals surface area contributed by atoms with E-state index in [2.05, 4.69) is 14.9 Å². The van der Waals surface area contributed by atoms with Gasteiger partial charge in [0.05, 0.1) is 10.8 Å². The number of hydrogen-bond acceptors (Lipinski definition) is 5. The molecular weight excluding hydrogens is 374 g/mol. The average molecular weight is 392 g/mol. The molecule has 0 fully saturated rings. The van der Waals surface area contributed by atoms with Crippen LogP contribution in [0.2, 0.25) is 5.02 Å². The van der Waals surface area contributed by atoms with Gasteiger partial charge in [-0.25, -0.2) is 13.1 Å². The first-order valence-corrected chi connectivity index (χ1v) is 10.2. The molecule has 0 bridgehead atoms. The molecule has 0 amide bonds. The van der Waals surface area contributed by atoms with Gasteiger partial charge in [-0.15, -0.1) is 0 Å². The van der Waals surface area contributed by atoms with Crippen LogP contribution in [-0.4, -0.2) is 30.9 Å². The van der Waals surface area contributed by atoms with Crippen molar-refractivity contribution in [2.75, 3.05) is 12.3 Å². The molecule has 1 N–H and O–H groups in total. The highest BCUT2D eigenvalue weighted by Gasteiger charge is 2.13.